The minimum absolute atomic E-state index is 0.132. The maximum Gasteiger partial charge on any atom is 0.306 e. The van der Waals surface area contributed by atoms with Crippen molar-refractivity contribution in [2.24, 2.45) is 0 Å². The number of allylic oxidation sites excluding steroid dienone is 34. The summed E-state index contributed by atoms with van der Waals surface area (Å²) in [5.74, 6) is -2.33. The first-order valence-corrected chi connectivity index (χ1v) is 37.2. The first kappa shape index (κ1) is 88.9. The molecule has 0 bridgehead atoms. The molecule has 0 aromatic rings. The van der Waals surface area contributed by atoms with Crippen molar-refractivity contribution in [2.75, 3.05) is 47.5 Å². The predicted octanol–water partition coefficient (Wildman–Crippen LogP) is 22.6. The van der Waals surface area contributed by atoms with E-state index in [1.54, 1.807) is 0 Å². The van der Waals surface area contributed by atoms with Crippen LogP contribution in [0.15, 0.2) is 207 Å². The molecule has 9 nitrogen and oxygen atoms in total. The zero-order chi connectivity index (χ0) is 69.0. The SMILES string of the molecule is CC/C=C\C/C=C\C/C=C\C/C=C\C/C=C\C/C=C\C/C=C\C/C=C\C/C=C\CCCCCCCC(=O)OC(COC(=O)CCCCCCCCCCCCCC/C=C\C/C=C\C/C=C\C/C=C\C/C=C\C/C=C\C/C=C\C/C=C\CC)COC(OCC[N+](C)(C)C)C(=O)[O-]. The van der Waals surface area contributed by atoms with Gasteiger partial charge in [0.25, 0.3) is 0 Å². The molecule has 0 aliphatic heterocycles. The Bertz CT molecular complexity index is 2320. The van der Waals surface area contributed by atoms with Gasteiger partial charge in [-0.1, -0.05) is 304 Å². The highest BCUT2D eigenvalue weighted by atomic mass is 16.7. The van der Waals surface area contributed by atoms with Gasteiger partial charge in [-0.2, -0.15) is 0 Å². The molecule has 9 heteroatoms. The van der Waals surface area contributed by atoms with Crippen molar-refractivity contribution in [1.29, 1.82) is 0 Å². The zero-order valence-corrected chi connectivity index (χ0v) is 60.7. The first-order valence-electron chi connectivity index (χ1n) is 37.2. The third-order valence-electron chi connectivity index (χ3n) is 15.0. The summed E-state index contributed by atoms with van der Waals surface area (Å²) in [5, 5.41) is 11.8. The number of carbonyl (C=O) groups excluding carboxylic acids is 3. The van der Waals surface area contributed by atoms with Crippen LogP contribution < -0.4 is 5.11 Å². The summed E-state index contributed by atoms with van der Waals surface area (Å²) in [6, 6.07) is 0. The largest absolute Gasteiger partial charge is 0.545 e. The van der Waals surface area contributed by atoms with Crippen molar-refractivity contribution in [3.8, 4) is 0 Å². The fourth-order valence-electron chi connectivity index (χ4n) is 9.43. The van der Waals surface area contributed by atoms with Crippen molar-refractivity contribution >= 4 is 17.9 Å². The van der Waals surface area contributed by atoms with E-state index in [1.807, 2.05) is 21.1 Å². The second-order valence-corrected chi connectivity index (χ2v) is 25.1. The van der Waals surface area contributed by atoms with E-state index in [1.165, 1.54) is 51.4 Å². The number of hydrogen-bond acceptors (Lipinski definition) is 8. The van der Waals surface area contributed by atoms with E-state index < -0.39 is 24.3 Å². The Morgan fingerprint density at radius 2 is 0.568 bits per heavy atom. The third-order valence-corrected chi connectivity index (χ3v) is 15.0. The Morgan fingerprint density at radius 1 is 0.316 bits per heavy atom. The molecular weight excluding hydrogens is 1170 g/mol. The molecule has 0 aromatic heterocycles. The molecule has 95 heavy (non-hydrogen) atoms. The molecule has 0 spiro atoms. The number of carbonyl (C=O) groups is 3. The van der Waals surface area contributed by atoms with E-state index in [4.69, 9.17) is 18.9 Å². The van der Waals surface area contributed by atoms with Gasteiger partial charge in [0.05, 0.1) is 40.3 Å². The number of quaternary nitrogens is 1. The number of nitrogens with zero attached hydrogens (tertiary/aromatic N) is 1. The van der Waals surface area contributed by atoms with Gasteiger partial charge >= 0.3 is 11.9 Å². The van der Waals surface area contributed by atoms with Crippen LogP contribution >= 0.6 is 0 Å². The van der Waals surface area contributed by atoms with E-state index in [2.05, 4.69) is 220 Å². The molecule has 0 radical (unpaired) electrons. The first-order chi connectivity index (χ1) is 46.6. The van der Waals surface area contributed by atoms with Crippen LogP contribution in [0.5, 0.6) is 0 Å². The summed E-state index contributed by atoms with van der Waals surface area (Å²) in [4.78, 5) is 37.6. The summed E-state index contributed by atoms with van der Waals surface area (Å²) in [6.45, 7) is 4.47. The van der Waals surface area contributed by atoms with Gasteiger partial charge < -0.3 is 33.3 Å². The fraction of sp³-hybridized carbons (Fsp3) is 0.570. The average Bonchev–Trinajstić information content (AvgIpc) is 3.75. The molecule has 0 rings (SSSR count). The summed E-state index contributed by atoms with van der Waals surface area (Å²) in [6.07, 6.45) is 112. The number of ether oxygens (including phenoxy) is 4. The maximum atomic E-state index is 12.9. The number of likely N-dealkylation sites (N-methyl/N-ethyl adjacent to an activating group) is 1. The number of carboxylic acid groups (broad SMARTS) is 1. The summed E-state index contributed by atoms with van der Waals surface area (Å²) in [5.41, 5.74) is 0. The summed E-state index contributed by atoms with van der Waals surface area (Å²) < 4.78 is 22.8. The zero-order valence-electron chi connectivity index (χ0n) is 60.7. The minimum atomic E-state index is -1.64. The molecule has 0 saturated carbocycles. The normalized spacial score (nSPS) is 13.9. The molecule has 0 aliphatic carbocycles. The number of esters is 2. The van der Waals surface area contributed by atoms with Gasteiger partial charge in [0, 0.05) is 12.8 Å². The Morgan fingerprint density at radius 3 is 0.842 bits per heavy atom. The van der Waals surface area contributed by atoms with Gasteiger partial charge in [-0.05, 0) is 148 Å². The summed E-state index contributed by atoms with van der Waals surface area (Å²) in [7, 11) is 5.91. The number of carboxylic acids is 1. The topological polar surface area (TPSA) is 111 Å². The van der Waals surface area contributed by atoms with Crippen LogP contribution in [0.4, 0.5) is 0 Å². The van der Waals surface area contributed by atoms with Crippen LogP contribution in [0.2, 0.25) is 0 Å². The van der Waals surface area contributed by atoms with Gasteiger partial charge in [0.2, 0.25) is 0 Å². The number of hydrogen-bond donors (Lipinski definition) is 0. The fourth-order valence-corrected chi connectivity index (χ4v) is 9.43. The van der Waals surface area contributed by atoms with E-state index in [0.29, 0.717) is 17.4 Å². The highest BCUT2D eigenvalue weighted by Crippen LogP contribution is 2.15. The third kappa shape index (κ3) is 75.1. The van der Waals surface area contributed by atoms with Crippen molar-refractivity contribution < 1.29 is 42.9 Å². The highest BCUT2D eigenvalue weighted by molar-refractivity contribution is 5.70. The van der Waals surface area contributed by atoms with Gasteiger partial charge in [0.1, 0.15) is 13.2 Å². The maximum absolute atomic E-state index is 12.9. The molecule has 2 unspecified atom stereocenters. The number of rotatable bonds is 66. The molecule has 532 valence electrons. The van der Waals surface area contributed by atoms with Crippen LogP contribution in [0.25, 0.3) is 0 Å². The second-order valence-electron chi connectivity index (χ2n) is 25.1. The van der Waals surface area contributed by atoms with Crippen molar-refractivity contribution in [3.63, 3.8) is 0 Å². The van der Waals surface area contributed by atoms with Crippen LogP contribution in [0.1, 0.15) is 258 Å². The number of unbranched alkanes of at least 4 members (excludes halogenated alkanes) is 17. The Balaban J connectivity index is 4.21. The lowest BCUT2D eigenvalue weighted by atomic mass is 10.0. The molecule has 0 fully saturated rings. The van der Waals surface area contributed by atoms with Crippen LogP contribution in [0, 0.1) is 0 Å². The molecule has 0 aromatic carbocycles. The van der Waals surface area contributed by atoms with Crippen molar-refractivity contribution in [1.82, 2.24) is 0 Å². The lowest BCUT2D eigenvalue weighted by molar-refractivity contribution is -0.870. The molecule has 2 atom stereocenters. The Kier molecular flexibility index (Phi) is 68.9. The lowest BCUT2D eigenvalue weighted by Crippen LogP contribution is -2.44. The molecular formula is C86H135NO8. The number of aliphatic carboxylic acids is 1. The van der Waals surface area contributed by atoms with Crippen LogP contribution in [0.3, 0.4) is 0 Å². The van der Waals surface area contributed by atoms with E-state index in [9.17, 15) is 19.5 Å². The van der Waals surface area contributed by atoms with E-state index in [0.717, 1.165) is 173 Å². The standard InChI is InChI=1S/C86H135NO8/c1-6-8-10-12-14-16-18-20-22-24-26-28-30-32-34-36-38-40-41-42-43-45-46-48-50-52-54-56-58-60-62-64-66-68-70-72-74-76-83(88)93-80-82(81-94-86(85(90)91)92-79-78-87(3,4)5)95-84(89)77-75-73-71-69-67-65-63-61-59-57-55-53-51-49-47-44-39-37-35-33-31-29-27-25-23-21-19-17-15-13-11-9-7-2/h8-11,14-17,20-23,26-29,32-35,38-40,42-44,46,48-49,51,55,57,61,63,82,86H,6-7,12-13,18-19,24-25,30-31,36-37,41,45,47,50,52-54,56,58-60,62,64-81H2,1-5H3/b10-8-,11-9-,16-14-,17-15-,22-20-,23-21-,28-26-,29-27-,34-32-,35-33-,40-38-,43-42-,44-39-,48-46-,51-49-,57-55-,63-61-. The van der Waals surface area contributed by atoms with Gasteiger partial charge in [0.15, 0.2) is 12.4 Å². The quantitative estimate of drug-likeness (QED) is 0.0195. The minimum Gasteiger partial charge on any atom is -0.545 e. The van der Waals surface area contributed by atoms with Gasteiger partial charge in [-0.15, -0.1) is 0 Å². The molecule has 0 heterocycles. The lowest BCUT2D eigenvalue weighted by Gasteiger charge is -2.26. The smallest absolute Gasteiger partial charge is 0.306 e. The van der Waals surface area contributed by atoms with Gasteiger partial charge in [-0.3, -0.25) is 9.59 Å². The molecule has 0 N–H and O–H groups in total. The van der Waals surface area contributed by atoms with E-state index in [-0.39, 0.29) is 38.6 Å². The Labute approximate surface area is 582 Å². The van der Waals surface area contributed by atoms with Gasteiger partial charge in [-0.25, -0.2) is 0 Å². The van der Waals surface area contributed by atoms with Crippen LogP contribution in [-0.2, 0) is 33.3 Å². The monoisotopic (exact) mass is 1310 g/mol. The molecule has 0 saturated heterocycles. The van der Waals surface area contributed by atoms with Crippen LogP contribution in [-0.4, -0.2) is 82.3 Å². The summed E-state index contributed by atoms with van der Waals surface area (Å²) >= 11 is 0. The highest BCUT2D eigenvalue weighted by Gasteiger charge is 2.22. The van der Waals surface area contributed by atoms with E-state index >= 15 is 0 Å². The second kappa shape index (κ2) is 73.7. The molecule has 0 aliphatic rings. The van der Waals surface area contributed by atoms with Crippen molar-refractivity contribution in [2.45, 2.75) is 270 Å². The predicted molar refractivity (Wildman–Crippen MR) is 407 cm³/mol. The molecule has 0 amide bonds. The average molecular weight is 1310 g/mol. The van der Waals surface area contributed by atoms with Crippen molar-refractivity contribution in [3.05, 3.63) is 207 Å². The Hall–Kier alpha value is -6.13.